The standard InChI is InChI=1S/C8H15O2/c9-6-8(10)7-4-2-1-3-5-7/h1,7-10H,2-6H2. The molecule has 0 spiro atoms. The summed E-state index contributed by atoms with van der Waals surface area (Å²) in [5, 5.41) is 17.8. The molecule has 0 heterocycles. The molecule has 0 saturated heterocycles. The summed E-state index contributed by atoms with van der Waals surface area (Å²) in [6, 6.07) is 0. The van der Waals surface area contributed by atoms with Crippen LogP contribution < -0.4 is 0 Å². The Hall–Kier alpha value is -0.0800. The lowest BCUT2D eigenvalue weighted by Crippen LogP contribution is -2.26. The second kappa shape index (κ2) is 3.94. The first-order valence-electron chi connectivity index (χ1n) is 3.95. The predicted octanol–water partition coefficient (Wildman–Crippen LogP) is 0.734. The third kappa shape index (κ3) is 1.96. The van der Waals surface area contributed by atoms with Crippen molar-refractivity contribution >= 4 is 0 Å². The van der Waals surface area contributed by atoms with Crippen molar-refractivity contribution in [3.63, 3.8) is 0 Å². The van der Waals surface area contributed by atoms with Gasteiger partial charge in [-0.1, -0.05) is 0 Å². The van der Waals surface area contributed by atoms with E-state index in [4.69, 9.17) is 5.11 Å². The van der Waals surface area contributed by atoms with Crippen molar-refractivity contribution in [3.8, 4) is 0 Å². The summed E-state index contributed by atoms with van der Waals surface area (Å²) in [6.45, 7) is -0.0787. The van der Waals surface area contributed by atoms with Crippen molar-refractivity contribution in [2.24, 2.45) is 5.92 Å². The Bertz CT molecular complexity index is 87.3. The Balaban J connectivity index is 2.24. The van der Waals surface area contributed by atoms with Crippen LogP contribution in [0.4, 0.5) is 0 Å². The van der Waals surface area contributed by atoms with Gasteiger partial charge in [-0.3, -0.25) is 0 Å². The fraction of sp³-hybridized carbons (Fsp3) is 0.875. The molecule has 1 rings (SSSR count). The van der Waals surface area contributed by atoms with Gasteiger partial charge in [0.1, 0.15) is 0 Å². The van der Waals surface area contributed by atoms with E-state index in [0.717, 1.165) is 25.7 Å². The summed E-state index contributed by atoms with van der Waals surface area (Å²) >= 11 is 0. The van der Waals surface area contributed by atoms with Gasteiger partial charge in [-0.05, 0) is 38.0 Å². The van der Waals surface area contributed by atoms with Gasteiger partial charge in [0.25, 0.3) is 0 Å². The number of rotatable bonds is 2. The fourth-order valence-electron chi connectivity index (χ4n) is 1.49. The van der Waals surface area contributed by atoms with E-state index in [-0.39, 0.29) is 6.61 Å². The fourth-order valence-corrected chi connectivity index (χ4v) is 1.49. The molecule has 1 unspecified atom stereocenters. The molecule has 2 heteroatoms. The molecule has 2 N–H and O–H groups in total. The SMILES string of the molecule is OCC(O)C1CC[CH]CC1. The van der Waals surface area contributed by atoms with Gasteiger partial charge in [0.15, 0.2) is 0 Å². The first kappa shape index (κ1) is 8.02. The lowest BCUT2D eigenvalue weighted by Gasteiger charge is -2.24. The Morgan fingerprint density at radius 3 is 2.50 bits per heavy atom. The van der Waals surface area contributed by atoms with Crippen LogP contribution in [-0.2, 0) is 0 Å². The van der Waals surface area contributed by atoms with E-state index in [0.29, 0.717) is 5.92 Å². The Kier molecular flexibility index (Phi) is 3.16. The number of aliphatic hydroxyl groups excluding tert-OH is 2. The normalized spacial score (nSPS) is 24.6. The van der Waals surface area contributed by atoms with Crippen LogP contribution in [0, 0.1) is 12.3 Å². The highest BCUT2D eigenvalue weighted by atomic mass is 16.3. The van der Waals surface area contributed by atoms with Crippen LogP contribution >= 0.6 is 0 Å². The van der Waals surface area contributed by atoms with Crippen LogP contribution in [0.3, 0.4) is 0 Å². The molecule has 1 radical (unpaired) electrons. The maximum atomic E-state index is 9.22. The molecule has 59 valence electrons. The molecule has 2 nitrogen and oxygen atoms in total. The molecule has 0 aliphatic heterocycles. The second-order valence-corrected chi connectivity index (χ2v) is 2.95. The molecular formula is C8H15O2. The van der Waals surface area contributed by atoms with Gasteiger partial charge >= 0.3 is 0 Å². The van der Waals surface area contributed by atoms with Gasteiger partial charge < -0.3 is 10.2 Å². The highest BCUT2D eigenvalue weighted by Gasteiger charge is 2.20. The molecule has 0 aromatic heterocycles. The summed E-state index contributed by atoms with van der Waals surface area (Å²) < 4.78 is 0. The molecule has 1 fully saturated rings. The van der Waals surface area contributed by atoms with Gasteiger partial charge in [0, 0.05) is 0 Å². The van der Waals surface area contributed by atoms with Gasteiger partial charge in [0.05, 0.1) is 12.7 Å². The lowest BCUT2D eigenvalue weighted by atomic mass is 9.85. The van der Waals surface area contributed by atoms with Crippen molar-refractivity contribution in [3.05, 3.63) is 6.42 Å². The highest BCUT2D eigenvalue weighted by Crippen LogP contribution is 2.25. The van der Waals surface area contributed by atoms with Gasteiger partial charge in [-0.2, -0.15) is 0 Å². The zero-order valence-electron chi connectivity index (χ0n) is 6.16. The van der Waals surface area contributed by atoms with Crippen LogP contribution in [-0.4, -0.2) is 22.9 Å². The van der Waals surface area contributed by atoms with Gasteiger partial charge in [0.2, 0.25) is 0 Å². The molecule has 0 amide bonds. The maximum absolute atomic E-state index is 9.22. The first-order chi connectivity index (χ1) is 4.84. The van der Waals surface area contributed by atoms with E-state index < -0.39 is 6.10 Å². The summed E-state index contributed by atoms with van der Waals surface area (Å²) in [6.07, 6.45) is 6.06. The van der Waals surface area contributed by atoms with Crippen LogP contribution in [0.2, 0.25) is 0 Å². The molecule has 0 bridgehead atoms. The van der Waals surface area contributed by atoms with Gasteiger partial charge in [-0.25, -0.2) is 0 Å². The molecule has 10 heavy (non-hydrogen) atoms. The van der Waals surface area contributed by atoms with Crippen LogP contribution in [0.5, 0.6) is 0 Å². The summed E-state index contributed by atoms with van der Waals surface area (Å²) in [7, 11) is 0. The Labute approximate surface area is 61.9 Å². The molecule has 1 aliphatic rings. The summed E-state index contributed by atoms with van der Waals surface area (Å²) in [5.41, 5.74) is 0. The van der Waals surface area contributed by atoms with Crippen molar-refractivity contribution in [2.45, 2.75) is 31.8 Å². The quantitative estimate of drug-likeness (QED) is 0.598. The largest absolute Gasteiger partial charge is 0.394 e. The van der Waals surface area contributed by atoms with Crippen molar-refractivity contribution in [2.75, 3.05) is 6.61 Å². The molecule has 0 aromatic carbocycles. The van der Waals surface area contributed by atoms with E-state index in [1.165, 1.54) is 0 Å². The average Bonchev–Trinajstić information content (AvgIpc) is 2.05. The summed E-state index contributed by atoms with van der Waals surface area (Å²) in [5.74, 6) is 0.343. The minimum Gasteiger partial charge on any atom is -0.394 e. The predicted molar refractivity (Wildman–Crippen MR) is 39.4 cm³/mol. The second-order valence-electron chi connectivity index (χ2n) is 2.95. The smallest absolute Gasteiger partial charge is 0.0799 e. The Morgan fingerprint density at radius 2 is 2.00 bits per heavy atom. The van der Waals surface area contributed by atoms with Crippen molar-refractivity contribution < 1.29 is 10.2 Å². The zero-order chi connectivity index (χ0) is 7.40. The minimum absolute atomic E-state index is 0.0787. The third-order valence-corrected chi connectivity index (χ3v) is 2.21. The first-order valence-corrected chi connectivity index (χ1v) is 3.95. The van der Waals surface area contributed by atoms with Crippen LogP contribution in [0.1, 0.15) is 25.7 Å². The van der Waals surface area contributed by atoms with Crippen LogP contribution in [0.25, 0.3) is 0 Å². The highest BCUT2D eigenvalue weighted by molar-refractivity contribution is 4.80. The van der Waals surface area contributed by atoms with E-state index in [9.17, 15) is 5.11 Å². The van der Waals surface area contributed by atoms with Crippen molar-refractivity contribution in [1.29, 1.82) is 0 Å². The van der Waals surface area contributed by atoms with Crippen LogP contribution in [0.15, 0.2) is 0 Å². The number of hydrogen-bond acceptors (Lipinski definition) is 2. The molecule has 1 atom stereocenters. The minimum atomic E-state index is -0.478. The number of hydrogen-bond donors (Lipinski definition) is 2. The summed E-state index contributed by atoms with van der Waals surface area (Å²) in [4.78, 5) is 0. The molecular weight excluding hydrogens is 128 g/mol. The van der Waals surface area contributed by atoms with E-state index >= 15 is 0 Å². The van der Waals surface area contributed by atoms with Crippen molar-refractivity contribution in [1.82, 2.24) is 0 Å². The zero-order valence-corrected chi connectivity index (χ0v) is 6.16. The van der Waals surface area contributed by atoms with Gasteiger partial charge in [-0.15, -0.1) is 0 Å². The number of aliphatic hydroxyl groups is 2. The molecule has 0 aromatic rings. The van der Waals surface area contributed by atoms with E-state index in [2.05, 4.69) is 6.42 Å². The monoisotopic (exact) mass is 143 g/mol. The van der Waals surface area contributed by atoms with E-state index in [1.807, 2.05) is 0 Å². The molecule has 1 aliphatic carbocycles. The molecule has 1 saturated carbocycles. The Morgan fingerprint density at radius 1 is 1.40 bits per heavy atom. The maximum Gasteiger partial charge on any atom is 0.0799 e. The lowest BCUT2D eigenvalue weighted by molar-refractivity contribution is 0.0364. The third-order valence-electron chi connectivity index (χ3n) is 2.21. The topological polar surface area (TPSA) is 40.5 Å². The average molecular weight is 143 g/mol. The van der Waals surface area contributed by atoms with E-state index in [1.54, 1.807) is 0 Å².